The molecular formula is C8HCl3N2O2. The summed E-state index contributed by atoms with van der Waals surface area (Å²) < 4.78 is 0. The van der Waals surface area contributed by atoms with E-state index in [1.165, 1.54) is 18.2 Å². The van der Waals surface area contributed by atoms with Gasteiger partial charge in [-0.05, 0) is 6.07 Å². The maximum Gasteiger partial charge on any atom is 0.240 e. The minimum absolute atomic E-state index is 0.0109. The van der Waals surface area contributed by atoms with Gasteiger partial charge >= 0.3 is 0 Å². The van der Waals surface area contributed by atoms with Gasteiger partial charge in [0.15, 0.2) is 0 Å². The zero-order valence-electron chi connectivity index (χ0n) is 6.92. The number of nitrogens with zero attached hydrogens (tertiary/aromatic N) is 2. The lowest BCUT2D eigenvalue weighted by molar-refractivity contribution is 0.564. The van der Waals surface area contributed by atoms with Crippen molar-refractivity contribution >= 4 is 58.3 Å². The molecule has 0 atom stereocenters. The lowest BCUT2D eigenvalue weighted by Crippen LogP contribution is -1.76. The molecule has 0 N–H and O–H groups in total. The lowest BCUT2D eigenvalue weighted by atomic mass is 10.3. The summed E-state index contributed by atoms with van der Waals surface area (Å²) in [5.74, 6) is 0. The van der Waals surface area contributed by atoms with E-state index in [0.29, 0.717) is 0 Å². The molecular weight excluding hydrogens is 262 g/mol. The molecule has 0 fully saturated rings. The predicted molar refractivity (Wildman–Crippen MR) is 57.0 cm³/mol. The Kier molecular flexibility index (Phi) is 4.04. The Bertz CT molecular complexity index is 503. The minimum Gasteiger partial charge on any atom is -0.211 e. The van der Waals surface area contributed by atoms with Crippen LogP contribution in [-0.4, -0.2) is 12.2 Å². The van der Waals surface area contributed by atoms with Crippen LogP contribution < -0.4 is 0 Å². The Morgan fingerprint density at radius 1 is 1.00 bits per heavy atom. The highest BCUT2D eigenvalue weighted by Gasteiger charge is 2.14. The largest absolute Gasteiger partial charge is 0.240 e. The van der Waals surface area contributed by atoms with E-state index in [1.807, 2.05) is 0 Å². The SMILES string of the molecule is O=C=Nc1cc(Cl)c(N=C=O)c(Cl)c1Cl. The van der Waals surface area contributed by atoms with Crippen LogP contribution in [0.25, 0.3) is 0 Å². The molecule has 0 saturated heterocycles. The second-order valence-electron chi connectivity index (χ2n) is 2.26. The van der Waals surface area contributed by atoms with Crippen molar-refractivity contribution in [1.29, 1.82) is 0 Å². The van der Waals surface area contributed by atoms with Gasteiger partial charge in [0.25, 0.3) is 0 Å². The first-order valence-corrected chi connectivity index (χ1v) is 4.58. The van der Waals surface area contributed by atoms with Gasteiger partial charge in [0.1, 0.15) is 5.69 Å². The van der Waals surface area contributed by atoms with Crippen molar-refractivity contribution in [2.24, 2.45) is 9.98 Å². The molecule has 1 aromatic carbocycles. The first-order valence-electron chi connectivity index (χ1n) is 3.45. The van der Waals surface area contributed by atoms with Crippen LogP contribution in [0.4, 0.5) is 11.4 Å². The topological polar surface area (TPSA) is 58.9 Å². The van der Waals surface area contributed by atoms with Crippen molar-refractivity contribution in [1.82, 2.24) is 0 Å². The molecule has 0 unspecified atom stereocenters. The summed E-state index contributed by atoms with van der Waals surface area (Å²) in [5, 5.41) is -0.0540. The molecule has 76 valence electrons. The van der Waals surface area contributed by atoms with Crippen LogP contribution in [-0.2, 0) is 9.59 Å². The Labute approximate surface area is 99.2 Å². The van der Waals surface area contributed by atoms with Gasteiger partial charge in [-0.15, -0.1) is 0 Å². The molecule has 7 heteroatoms. The highest BCUT2D eigenvalue weighted by Crippen LogP contribution is 2.43. The molecule has 0 bridgehead atoms. The lowest BCUT2D eigenvalue weighted by Gasteiger charge is -2.03. The average molecular weight is 263 g/mol. The standard InChI is InChI=1S/C8HCl3N2O2/c9-4-1-5(12-2-14)6(10)7(11)8(4)13-3-15/h1H. The van der Waals surface area contributed by atoms with Gasteiger partial charge in [-0.2, -0.15) is 9.98 Å². The summed E-state index contributed by atoms with van der Waals surface area (Å²) in [6, 6.07) is 1.25. The summed E-state index contributed by atoms with van der Waals surface area (Å²) in [5.41, 5.74) is 0.0506. The zero-order valence-corrected chi connectivity index (χ0v) is 9.19. The van der Waals surface area contributed by atoms with E-state index < -0.39 is 0 Å². The number of carbonyl (C=O) groups excluding carboxylic acids is 2. The summed E-state index contributed by atoms with van der Waals surface area (Å²) in [4.78, 5) is 26.7. The monoisotopic (exact) mass is 262 g/mol. The Morgan fingerprint density at radius 2 is 1.60 bits per heavy atom. The third kappa shape index (κ3) is 2.45. The maximum atomic E-state index is 10.1. The smallest absolute Gasteiger partial charge is 0.211 e. The van der Waals surface area contributed by atoms with Crippen LogP contribution in [0.2, 0.25) is 15.1 Å². The van der Waals surface area contributed by atoms with E-state index in [9.17, 15) is 9.59 Å². The van der Waals surface area contributed by atoms with E-state index in [1.54, 1.807) is 0 Å². The third-order valence-electron chi connectivity index (χ3n) is 1.44. The van der Waals surface area contributed by atoms with Crippen molar-refractivity contribution in [3.8, 4) is 0 Å². The van der Waals surface area contributed by atoms with Crippen LogP contribution in [0.1, 0.15) is 0 Å². The molecule has 0 saturated carbocycles. The summed E-state index contributed by atoms with van der Waals surface area (Å²) in [6.07, 6.45) is 2.58. The number of rotatable bonds is 2. The van der Waals surface area contributed by atoms with Crippen LogP contribution in [0.3, 0.4) is 0 Å². The third-order valence-corrected chi connectivity index (χ3v) is 2.57. The highest BCUT2D eigenvalue weighted by atomic mass is 35.5. The fourth-order valence-corrected chi connectivity index (χ4v) is 1.57. The molecule has 0 aliphatic carbocycles. The van der Waals surface area contributed by atoms with Crippen LogP contribution >= 0.6 is 34.8 Å². The summed E-state index contributed by atoms with van der Waals surface area (Å²) >= 11 is 17.2. The van der Waals surface area contributed by atoms with Crippen molar-refractivity contribution in [2.45, 2.75) is 0 Å². The molecule has 0 spiro atoms. The number of hydrogen-bond acceptors (Lipinski definition) is 4. The Morgan fingerprint density at radius 3 is 2.13 bits per heavy atom. The maximum absolute atomic E-state index is 10.1. The zero-order chi connectivity index (χ0) is 11.4. The summed E-state index contributed by atoms with van der Waals surface area (Å²) in [7, 11) is 0. The van der Waals surface area contributed by atoms with Gasteiger partial charge in [0.05, 0.1) is 20.8 Å². The highest BCUT2D eigenvalue weighted by molar-refractivity contribution is 6.47. The minimum atomic E-state index is -0.0680. The molecule has 0 radical (unpaired) electrons. The van der Waals surface area contributed by atoms with Gasteiger partial charge < -0.3 is 0 Å². The molecule has 4 nitrogen and oxygen atoms in total. The number of aliphatic imine (C=N–C) groups is 2. The second kappa shape index (κ2) is 5.08. The number of isocyanates is 2. The Balaban J connectivity index is 3.56. The number of halogens is 3. The first-order chi connectivity index (χ1) is 7.11. The van der Waals surface area contributed by atoms with E-state index >= 15 is 0 Å². The second-order valence-corrected chi connectivity index (χ2v) is 3.42. The molecule has 0 heterocycles. The van der Waals surface area contributed by atoms with E-state index in [4.69, 9.17) is 34.8 Å². The fourth-order valence-electron chi connectivity index (χ4n) is 0.852. The predicted octanol–water partition coefficient (Wildman–Crippen LogP) is 3.58. The molecule has 0 amide bonds. The first kappa shape index (κ1) is 11.9. The van der Waals surface area contributed by atoms with Gasteiger partial charge in [-0.1, -0.05) is 34.8 Å². The van der Waals surface area contributed by atoms with Crippen LogP contribution in [0.5, 0.6) is 0 Å². The quantitative estimate of drug-likeness (QED) is 0.465. The molecule has 0 aromatic heterocycles. The van der Waals surface area contributed by atoms with Crippen molar-refractivity contribution in [2.75, 3.05) is 0 Å². The Hall–Kier alpha value is -1.15. The van der Waals surface area contributed by atoms with Crippen LogP contribution in [0.15, 0.2) is 16.1 Å². The molecule has 0 aliphatic rings. The molecule has 1 rings (SSSR count). The van der Waals surface area contributed by atoms with Gasteiger partial charge in [-0.25, -0.2) is 9.59 Å². The van der Waals surface area contributed by atoms with Crippen molar-refractivity contribution in [3.63, 3.8) is 0 Å². The van der Waals surface area contributed by atoms with E-state index in [-0.39, 0.29) is 26.4 Å². The number of hydrogen-bond donors (Lipinski definition) is 0. The van der Waals surface area contributed by atoms with E-state index in [2.05, 4.69) is 9.98 Å². The van der Waals surface area contributed by atoms with Crippen molar-refractivity contribution < 1.29 is 9.59 Å². The normalized spacial score (nSPS) is 9.00. The van der Waals surface area contributed by atoms with Crippen LogP contribution in [0, 0.1) is 0 Å². The van der Waals surface area contributed by atoms with Gasteiger partial charge in [0, 0.05) is 0 Å². The fraction of sp³-hybridized carbons (Fsp3) is 0. The van der Waals surface area contributed by atoms with Gasteiger partial charge in [0.2, 0.25) is 12.2 Å². The van der Waals surface area contributed by atoms with E-state index in [0.717, 1.165) is 0 Å². The molecule has 0 aliphatic heterocycles. The summed E-state index contributed by atoms with van der Waals surface area (Å²) in [6.45, 7) is 0. The molecule has 1 aromatic rings. The average Bonchev–Trinajstić information content (AvgIpc) is 2.21. The molecule has 15 heavy (non-hydrogen) atoms. The van der Waals surface area contributed by atoms with Gasteiger partial charge in [-0.3, -0.25) is 0 Å². The van der Waals surface area contributed by atoms with Crippen molar-refractivity contribution in [3.05, 3.63) is 21.1 Å². The number of benzene rings is 1.